The number of hydrogen-bond acceptors (Lipinski definition) is 3. The number of dihydropyridines is 1. The van der Waals surface area contributed by atoms with Gasteiger partial charge in [0.15, 0.2) is 0 Å². The summed E-state index contributed by atoms with van der Waals surface area (Å²) in [6.07, 6.45) is 12.6. The molecule has 0 spiro atoms. The van der Waals surface area contributed by atoms with E-state index in [1.807, 2.05) is 18.4 Å². The summed E-state index contributed by atoms with van der Waals surface area (Å²) in [7, 11) is 0. The minimum absolute atomic E-state index is 0.188. The largest absolute Gasteiger partial charge is 0.382 e. The van der Waals surface area contributed by atoms with Crippen molar-refractivity contribution in [3.05, 3.63) is 46.8 Å². The molecule has 22 heavy (non-hydrogen) atoms. The summed E-state index contributed by atoms with van der Waals surface area (Å²) in [6.45, 7) is 10.2. The first-order valence-corrected chi connectivity index (χ1v) is 8.72. The number of nitrogens with zero attached hydrogens (tertiary/aromatic N) is 1. The Morgan fingerprint density at radius 1 is 1.27 bits per heavy atom. The van der Waals surface area contributed by atoms with Crippen LogP contribution in [0.2, 0.25) is 0 Å². The van der Waals surface area contributed by atoms with E-state index in [0.717, 1.165) is 18.1 Å². The van der Waals surface area contributed by atoms with Gasteiger partial charge in [-0.2, -0.15) is 0 Å². The topological polar surface area (TPSA) is 27.3 Å². The predicted molar refractivity (Wildman–Crippen MR) is 95.8 cm³/mol. The molecule has 0 bridgehead atoms. The minimum Gasteiger partial charge on any atom is -0.382 e. The fourth-order valence-electron chi connectivity index (χ4n) is 2.93. The van der Waals surface area contributed by atoms with Crippen molar-refractivity contribution in [1.82, 2.24) is 15.5 Å². The maximum atomic E-state index is 6.08. The van der Waals surface area contributed by atoms with Crippen molar-refractivity contribution >= 4 is 11.6 Å². The van der Waals surface area contributed by atoms with Crippen LogP contribution < -0.4 is 10.6 Å². The van der Waals surface area contributed by atoms with Crippen molar-refractivity contribution in [2.75, 3.05) is 19.6 Å². The molecule has 0 saturated heterocycles. The minimum atomic E-state index is 0.188. The molecule has 2 rings (SSSR count). The van der Waals surface area contributed by atoms with Gasteiger partial charge < -0.3 is 15.5 Å². The first-order chi connectivity index (χ1) is 10.6. The quantitative estimate of drug-likeness (QED) is 0.716. The zero-order valence-corrected chi connectivity index (χ0v) is 14.7. The molecule has 4 heteroatoms. The number of hydrogen-bond donors (Lipinski definition) is 2. The standard InChI is InChI=1S/C18H28ClN3/c1-4-22(5-2)12-6-7-14(3)21-17-10-11-20-18-13-15(19)8-9-16(17)18/h8-11,13-14,18,20-21H,4-7,12H2,1-3H3. The number of allylic oxidation sites excluding steroid dienone is 3. The third-order valence-electron chi connectivity index (χ3n) is 4.33. The third-order valence-corrected chi connectivity index (χ3v) is 4.58. The van der Waals surface area contributed by atoms with Gasteiger partial charge in [0, 0.05) is 22.3 Å². The Balaban J connectivity index is 1.87. The zero-order valence-electron chi connectivity index (χ0n) is 13.9. The Kier molecular flexibility index (Phi) is 6.59. The molecule has 0 aromatic heterocycles. The molecule has 3 nitrogen and oxygen atoms in total. The molecule has 1 aliphatic heterocycles. The van der Waals surface area contributed by atoms with E-state index in [0.29, 0.717) is 6.04 Å². The molecular weight excluding hydrogens is 294 g/mol. The molecule has 2 aliphatic rings. The van der Waals surface area contributed by atoms with E-state index in [-0.39, 0.29) is 6.04 Å². The second-order valence-electron chi connectivity index (χ2n) is 5.95. The summed E-state index contributed by atoms with van der Waals surface area (Å²) in [6, 6.07) is 0.657. The van der Waals surface area contributed by atoms with Gasteiger partial charge in [-0.25, -0.2) is 0 Å². The van der Waals surface area contributed by atoms with Crippen LogP contribution in [-0.4, -0.2) is 36.6 Å². The van der Waals surface area contributed by atoms with E-state index < -0.39 is 0 Å². The van der Waals surface area contributed by atoms with Crippen molar-refractivity contribution < 1.29 is 0 Å². The van der Waals surface area contributed by atoms with Crippen molar-refractivity contribution in [1.29, 1.82) is 0 Å². The monoisotopic (exact) mass is 321 g/mol. The molecule has 2 unspecified atom stereocenters. The van der Waals surface area contributed by atoms with Gasteiger partial charge in [-0.15, -0.1) is 0 Å². The Morgan fingerprint density at radius 3 is 2.77 bits per heavy atom. The lowest BCUT2D eigenvalue weighted by atomic mass is 9.97. The predicted octanol–water partition coefficient (Wildman–Crippen LogP) is 3.52. The van der Waals surface area contributed by atoms with Crippen LogP contribution in [0.4, 0.5) is 0 Å². The van der Waals surface area contributed by atoms with Crippen LogP contribution in [0, 0.1) is 0 Å². The van der Waals surface area contributed by atoms with Gasteiger partial charge in [0.05, 0.1) is 6.04 Å². The highest BCUT2D eigenvalue weighted by Gasteiger charge is 2.19. The molecule has 122 valence electrons. The maximum absolute atomic E-state index is 6.08. The van der Waals surface area contributed by atoms with Gasteiger partial charge in [0.25, 0.3) is 0 Å². The Morgan fingerprint density at radius 2 is 2.05 bits per heavy atom. The summed E-state index contributed by atoms with van der Waals surface area (Å²) in [5, 5.41) is 7.78. The first kappa shape index (κ1) is 17.2. The van der Waals surface area contributed by atoms with E-state index >= 15 is 0 Å². The summed E-state index contributed by atoms with van der Waals surface area (Å²) >= 11 is 6.08. The van der Waals surface area contributed by atoms with Gasteiger partial charge in [0.2, 0.25) is 0 Å². The normalized spacial score (nSPS) is 21.5. The molecule has 0 radical (unpaired) electrons. The van der Waals surface area contributed by atoms with Crippen LogP contribution in [0.15, 0.2) is 46.8 Å². The van der Waals surface area contributed by atoms with Gasteiger partial charge in [-0.05, 0) is 63.8 Å². The average Bonchev–Trinajstić information content (AvgIpc) is 2.51. The second kappa shape index (κ2) is 8.44. The zero-order chi connectivity index (χ0) is 15.9. The lowest BCUT2D eigenvalue weighted by Crippen LogP contribution is -2.35. The first-order valence-electron chi connectivity index (χ1n) is 8.35. The van der Waals surface area contributed by atoms with Crippen LogP contribution in [-0.2, 0) is 0 Å². The molecule has 2 atom stereocenters. The van der Waals surface area contributed by atoms with E-state index in [1.165, 1.54) is 30.7 Å². The summed E-state index contributed by atoms with van der Waals surface area (Å²) in [5.41, 5.74) is 2.47. The van der Waals surface area contributed by atoms with Crippen LogP contribution in [0.25, 0.3) is 0 Å². The van der Waals surface area contributed by atoms with E-state index in [1.54, 1.807) is 0 Å². The highest BCUT2D eigenvalue weighted by Crippen LogP contribution is 2.24. The Hall–Kier alpha value is -1.19. The van der Waals surface area contributed by atoms with Crippen molar-refractivity contribution in [3.8, 4) is 0 Å². The summed E-state index contributed by atoms with van der Waals surface area (Å²) < 4.78 is 0. The molecule has 0 amide bonds. The molecular formula is C18H28ClN3. The van der Waals surface area contributed by atoms with Gasteiger partial charge in [-0.3, -0.25) is 0 Å². The highest BCUT2D eigenvalue weighted by molar-refractivity contribution is 6.31. The fraction of sp³-hybridized carbons (Fsp3) is 0.556. The Labute approximate surface area is 139 Å². The number of halogens is 1. The molecule has 0 saturated carbocycles. The molecule has 1 heterocycles. The van der Waals surface area contributed by atoms with E-state index in [4.69, 9.17) is 11.6 Å². The Bertz CT molecular complexity index is 487. The second-order valence-corrected chi connectivity index (χ2v) is 6.38. The molecule has 0 fully saturated rings. The highest BCUT2D eigenvalue weighted by atomic mass is 35.5. The van der Waals surface area contributed by atoms with Gasteiger partial charge >= 0.3 is 0 Å². The van der Waals surface area contributed by atoms with Crippen molar-refractivity contribution in [3.63, 3.8) is 0 Å². The van der Waals surface area contributed by atoms with Crippen LogP contribution >= 0.6 is 11.6 Å². The molecule has 0 aromatic carbocycles. The van der Waals surface area contributed by atoms with Gasteiger partial charge in [0.1, 0.15) is 0 Å². The van der Waals surface area contributed by atoms with E-state index in [9.17, 15) is 0 Å². The molecule has 2 N–H and O–H groups in total. The van der Waals surface area contributed by atoms with Crippen molar-refractivity contribution in [2.24, 2.45) is 0 Å². The van der Waals surface area contributed by atoms with Crippen LogP contribution in [0.3, 0.4) is 0 Å². The third kappa shape index (κ3) is 4.65. The molecule has 0 aromatic rings. The summed E-state index contributed by atoms with van der Waals surface area (Å²) in [4.78, 5) is 2.48. The lowest BCUT2D eigenvalue weighted by molar-refractivity contribution is 0.292. The summed E-state index contributed by atoms with van der Waals surface area (Å²) in [5.74, 6) is 0. The number of nitrogens with one attached hydrogen (secondary N) is 2. The maximum Gasteiger partial charge on any atom is 0.0730 e. The lowest BCUT2D eigenvalue weighted by Gasteiger charge is -2.28. The van der Waals surface area contributed by atoms with Crippen molar-refractivity contribution in [2.45, 2.75) is 45.7 Å². The number of rotatable bonds is 8. The van der Waals surface area contributed by atoms with Crippen LogP contribution in [0.1, 0.15) is 33.6 Å². The fourth-order valence-corrected chi connectivity index (χ4v) is 3.12. The SMILES string of the molecule is CCN(CC)CCCC(C)NC1=C2C=CC(Cl)=CC2NC=C1. The van der Waals surface area contributed by atoms with Crippen LogP contribution in [0.5, 0.6) is 0 Å². The number of fused-ring (bicyclic) bond motifs is 1. The van der Waals surface area contributed by atoms with E-state index in [2.05, 4.69) is 48.5 Å². The average molecular weight is 322 g/mol. The smallest absolute Gasteiger partial charge is 0.0730 e. The molecule has 1 aliphatic carbocycles. The van der Waals surface area contributed by atoms with Gasteiger partial charge in [-0.1, -0.05) is 31.5 Å².